The zero-order chi connectivity index (χ0) is 15.5. The van der Waals surface area contributed by atoms with Crippen molar-refractivity contribution in [2.75, 3.05) is 20.6 Å². The van der Waals surface area contributed by atoms with Crippen LogP contribution in [0.1, 0.15) is 47.2 Å². The van der Waals surface area contributed by atoms with E-state index in [2.05, 4.69) is 23.3 Å². The van der Waals surface area contributed by atoms with Gasteiger partial charge in [-0.1, -0.05) is 6.07 Å². The van der Waals surface area contributed by atoms with E-state index >= 15 is 0 Å². The number of nitrogens with one attached hydrogen (secondary N) is 1. The van der Waals surface area contributed by atoms with Gasteiger partial charge in [-0.05, 0) is 69.0 Å². The van der Waals surface area contributed by atoms with Crippen LogP contribution in [0.3, 0.4) is 0 Å². The van der Waals surface area contributed by atoms with Crippen molar-refractivity contribution in [3.05, 3.63) is 34.9 Å². The van der Waals surface area contributed by atoms with E-state index in [0.717, 1.165) is 38.6 Å². The van der Waals surface area contributed by atoms with Gasteiger partial charge >= 0.3 is 0 Å². The molecular weight excluding hydrogens is 276 g/mol. The lowest BCUT2D eigenvalue weighted by molar-refractivity contribution is -0.123. The van der Waals surface area contributed by atoms with E-state index in [9.17, 15) is 9.90 Å². The standard InChI is InChI=1S/C18H24N2O2/c1-19-16(21)13-5-4-12-11-15-18(22)7-3-6-17(18,14(12)10-13)8-9-20(15)2/h4-5,10,15,22H,3,6-9,11H2,1-2H3,(H,19,21)/t15-,17+,18-/m1/s1. The van der Waals surface area contributed by atoms with Crippen molar-refractivity contribution >= 4 is 5.91 Å². The first-order valence-electron chi connectivity index (χ1n) is 8.30. The number of fused-ring (bicyclic) bond motifs is 1. The van der Waals surface area contributed by atoms with E-state index in [1.807, 2.05) is 12.1 Å². The summed E-state index contributed by atoms with van der Waals surface area (Å²) < 4.78 is 0. The summed E-state index contributed by atoms with van der Waals surface area (Å²) in [6.07, 6.45) is 4.87. The van der Waals surface area contributed by atoms with Crippen LogP contribution in [0, 0.1) is 0 Å². The number of hydrogen-bond acceptors (Lipinski definition) is 3. The van der Waals surface area contributed by atoms with Gasteiger partial charge in [0.15, 0.2) is 0 Å². The molecule has 118 valence electrons. The first-order valence-corrected chi connectivity index (χ1v) is 8.30. The van der Waals surface area contributed by atoms with Gasteiger partial charge in [0.2, 0.25) is 0 Å². The molecule has 1 aliphatic heterocycles. The average Bonchev–Trinajstić information content (AvgIpc) is 2.89. The summed E-state index contributed by atoms with van der Waals surface area (Å²) in [4.78, 5) is 14.3. The van der Waals surface area contributed by atoms with Crippen LogP contribution in [0.2, 0.25) is 0 Å². The third kappa shape index (κ3) is 1.57. The number of hydrogen-bond donors (Lipinski definition) is 2. The number of benzene rings is 1. The highest BCUT2D eigenvalue weighted by Gasteiger charge is 2.64. The van der Waals surface area contributed by atoms with Crippen LogP contribution in [-0.4, -0.2) is 48.2 Å². The predicted molar refractivity (Wildman–Crippen MR) is 85.1 cm³/mol. The number of carbonyl (C=O) groups excluding carboxylic acids is 1. The third-order valence-electron chi connectivity index (χ3n) is 6.49. The Morgan fingerprint density at radius 2 is 2.18 bits per heavy atom. The summed E-state index contributed by atoms with van der Waals surface area (Å²) in [5.74, 6) is -0.0456. The molecule has 0 aromatic heterocycles. The normalized spacial score (nSPS) is 36.6. The average molecular weight is 300 g/mol. The molecule has 2 bridgehead atoms. The summed E-state index contributed by atoms with van der Waals surface area (Å²) in [6, 6.07) is 6.28. The molecule has 1 amide bonds. The molecule has 1 saturated heterocycles. The Bertz CT molecular complexity index is 644. The van der Waals surface area contributed by atoms with Crippen LogP contribution >= 0.6 is 0 Å². The highest BCUT2D eigenvalue weighted by molar-refractivity contribution is 5.94. The highest BCUT2D eigenvalue weighted by atomic mass is 16.3. The molecule has 0 radical (unpaired) electrons. The monoisotopic (exact) mass is 300 g/mol. The Morgan fingerprint density at radius 3 is 2.95 bits per heavy atom. The van der Waals surface area contributed by atoms with E-state index in [4.69, 9.17) is 0 Å². The van der Waals surface area contributed by atoms with Crippen molar-refractivity contribution in [1.82, 2.24) is 10.2 Å². The van der Waals surface area contributed by atoms with E-state index in [1.54, 1.807) is 7.05 Å². The lowest BCUT2D eigenvalue weighted by Gasteiger charge is -2.58. The van der Waals surface area contributed by atoms with E-state index in [0.29, 0.717) is 5.56 Å². The SMILES string of the molecule is CNC(=O)c1ccc2c(c1)[C@@]13CCC[C@@]1(O)[C@@H](C2)N(C)CC3. The van der Waals surface area contributed by atoms with Crippen molar-refractivity contribution < 1.29 is 9.90 Å². The second-order valence-electron chi connectivity index (χ2n) is 7.26. The van der Waals surface area contributed by atoms with E-state index in [1.165, 1.54) is 11.1 Å². The Hall–Kier alpha value is -1.39. The fraction of sp³-hybridized carbons (Fsp3) is 0.611. The molecule has 0 unspecified atom stereocenters. The van der Waals surface area contributed by atoms with Gasteiger partial charge in [0.05, 0.1) is 5.60 Å². The lowest BCUT2D eigenvalue weighted by atomic mass is 9.56. The summed E-state index contributed by atoms with van der Waals surface area (Å²) in [5, 5.41) is 14.3. The Kier molecular flexibility index (Phi) is 2.94. The van der Waals surface area contributed by atoms with Crippen LogP contribution in [0.4, 0.5) is 0 Å². The zero-order valence-corrected chi connectivity index (χ0v) is 13.4. The molecule has 22 heavy (non-hydrogen) atoms. The molecule has 2 fully saturated rings. The largest absolute Gasteiger partial charge is 0.387 e. The lowest BCUT2D eigenvalue weighted by Crippen LogP contribution is -2.68. The smallest absolute Gasteiger partial charge is 0.251 e. The third-order valence-corrected chi connectivity index (χ3v) is 6.49. The number of likely N-dealkylation sites (N-methyl/N-ethyl adjacent to an activating group) is 1. The molecule has 1 saturated carbocycles. The molecule has 3 aliphatic rings. The summed E-state index contributed by atoms with van der Waals surface area (Å²) in [6.45, 7) is 1.02. The molecule has 4 heteroatoms. The number of rotatable bonds is 1. The van der Waals surface area contributed by atoms with Crippen LogP contribution in [-0.2, 0) is 11.8 Å². The molecular formula is C18H24N2O2. The quantitative estimate of drug-likeness (QED) is 0.825. The summed E-state index contributed by atoms with van der Waals surface area (Å²) in [7, 11) is 3.80. The molecule has 2 aliphatic carbocycles. The molecule has 3 atom stereocenters. The number of likely N-dealkylation sites (tertiary alicyclic amines) is 1. The van der Waals surface area contributed by atoms with Gasteiger partial charge < -0.3 is 15.3 Å². The van der Waals surface area contributed by atoms with Crippen molar-refractivity contribution in [1.29, 1.82) is 0 Å². The van der Waals surface area contributed by atoms with Crippen molar-refractivity contribution in [2.45, 2.75) is 49.2 Å². The fourth-order valence-electron chi connectivity index (χ4n) is 5.35. The van der Waals surface area contributed by atoms with Crippen molar-refractivity contribution in [3.8, 4) is 0 Å². The molecule has 0 spiro atoms. The van der Waals surface area contributed by atoms with Gasteiger partial charge in [-0.25, -0.2) is 0 Å². The van der Waals surface area contributed by atoms with Gasteiger partial charge in [-0.2, -0.15) is 0 Å². The molecule has 2 N–H and O–H groups in total. The van der Waals surface area contributed by atoms with Gasteiger partial charge in [0, 0.05) is 24.1 Å². The highest BCUT2D eigenvalue weighted by Crippen LogP contribution is 2.59. The maximum absolute atomic E-state index is 12.0. The second-order valence-corrected chi connectivity index (χ2v) is 7.26. The van der Waals surface area contributed by atoms with Gasteiger partial charge in [0.25, 0.3) is 5.91 Å². The molecule has 4 nitrogen and oxygen atoms in total. The fourth-order valence-corrected chi connectivity index (χ4v) is 5.35. The molecule has 1 aromatic carbocycles. The minimum absolute atomic E-state index is 0.0456. The first-order chi connectivity index (χ1) is 10.5. The van der Waals surface area contributed by atoms with Gasteiger partial charge in [0.1, 0.15) is 0 Å². The van der Waals surface area contributed by atoms with E-state index in [-0.39, 0.29) is 17.4 Å². The van der Waals surface area contributed by atoms with E-state index < -0.39 is 5.60 Å². The number of carbonyl (C=O) groups is 1. The maximum atomic E-state index is 12.0. The molecule has 1 heterocycles. The Balaban J connectivity index is 1.91. The number of aliphatic hydroxyl groups is 1. The number of piperidine rings is 1. The second kappa shape index (κ2) is 4.56. The minimum atomic E-state index is -0.631. The Labute approximate surface area is 131 Å². The van der Waals surface area contributed by atoms with Crippen LogP contribution in [0.5, 0.6) is 0 Å². The predicted octanol–water partition coefficient (Wildman–Crippen LogP) is 1.46. The van der Waals surface area contributed by atoms with Gasteiger partial charge in [-0.15, -0.1) is 0 Å². The number of amides is 1. The van der Waals surface area contributed by atoms with Crippen molar-refractivity contribution in [2.24, 2.45) is 0 Å². The Morgan fingerprint density at radius 1 is 1.36 bits per heavy atom. The number of nitrogens with zero attached hydrogens (tertiary/aromatic N) is 1. The minimum Gasteiger partial charge on any atom is -0.387 e. The van der Waals surface area contributed by atoms with Crippen molar-refractivity contribution in [3.63, 3.8) is 0 Å². The van der Waals surface area contributed by atoms with Crippen LogP contribution < -0.4 is 5.32 Å². The summed E-state index contributed by atoms with van der Waals surface area (Å²) in [5.41, 5.74) is 2.48. The maximum Gasteiger partial charge on any atom is 0.251 e. The molecule has 1 aromatic rings. The van der Waals surface area contributed by atoms with Gasteiger partial charge in [-0.3, -0.25) is 4.79 Å². The molecule has 4 rings (SSSR count). The first kappa shape index (κ1) is 14.2. The zero-order valence-electron chi connectivity index (χ0n) is 13.4. The topological polar surface area (TPSA) is 52.6 Å². The summed E-state index contributed by atoms with van der Waals surface area (Å²) >= 11 is 0. The van der Waals surface area contributed by atoms with Crippen LogP contribution in [0.25, 0.3) is 0 Å². The van der Waals surface area contributed by atoms with Crippen LogP contribution in [0.15, 0.2) is 18.2 Å².